The van der Waals surface area contributed by atoms with Gasteiger partial charge in [0.2, 0.25) is 5.95 Å². The summed E-state index contributed by atoms with van der Waals surface area (Å²) >= 11 is 1.56. The third-order valence-electron chi connectivity index (χ3n) is 2.66. The van der Waals surface area contributed by atoms with Gasteiger partial charge in [-0.3, -0.25) is 0 Å². The summed E-state index contributed by atoms with van der Waals surface area (Å²) in [6.45, 7) is 1.06. The maximum absolute atomic E-state index is 9.58. The summed E-state index contributed by atoms with van der Waals surface area (Å²) in [7, 11) is 0. The van der Waals surface area contributed by atoms with Crippen LogP contribution in [0.5, 0.6) is 0 Å². The minimum Gasteiger partial charge on any atom is -0.390 e. The van der Waals surface area contributed by atoms with Crippen molar-refractivity contribution in [1.82, 2.24) is 9.97 Å². The van der Waals surface area contributed by atoms with Crippen LogP contribution < -0.4 is 4.90 Å². The van der Waals surface area contributed by atoms with Gasteiger partial charge in [0.05, 0.1) is 12.2 Å². The van der Waals surface area contributed by atoms with Crippen LogP contribution in [0.3, 0.4) is 0 Å². The fourth-order valence-corrected chi connectivity index (χ4v) is 2.07. The van der Waals surface area contributed by atoms with Crippen molar-refractivity contribution in [2.45, 2.75) is 23.7 Å². The number of hydrogen-bond donors (Lipinski definition) is 2. The molecule has 1 aliphatic rings. The third kappa shape index (κ3) is 2.45. The molecule has 0 saturated carbocycles. The largest absolute Gasteiger partial charge is 0.390 e. The van der Waals surface area contributed by atoms with E-state index in [-0.39, 0.29) is 0 Å². The molecular formula is C10H15N3O2S. The monoisotopic (exact) mass is 241 g/mol. The fourth-order valence-electron chi connectivity index (χ4n) is 1.70. The lowest BCUT2D eigenvalue weighted by Gasteiger charge is -2.33. The van der Waals surface area contributed by atoms with Crippen LogP contribution in [-0.4, -0.2) is 51.7 Å². The number of β-amino-alcohol motifs (C(OH)–C–C–N with tert-alkyl or cyclic N) is 1. The first-order chi connectivity index (χ1) is 7.70. The first kappa shape index (κ1) is 11.6. The Morgan fingerprint density at radius 2 is 2.25 bits per heavy atom. The average molecular weight is 241 g/mol. The number of rotatable bonds is 2. The molecule has 6 heteroatoms. The first-order valence-electron chi connectivity index (χ1n) is 5.19. The summed E-state index contributed by atoms with van der Waals surface area (Å²) in [5.41, 5.74) is 0. The highest BCUT2D eigenvalue weighted by atomic mass is 32.2. The van der Waals surface area contributed by atoms with Gasteiger partial charge in [-0.2, -0.15) is 0 Å². The summed E-state index contributed by atoms with van der Waals surface area (Å²) < 4.78 is 0. The molecule has 2 heterocycles. The van der Waals surface area contributed by atoms with Gasteiger partial charge in [-0.1, -0.05) is 0 Å². The molecular weight excluding hydrogens is 226 g/mol. The van der Waals surface area contributed by atoms with Crippen LogP contribution >= 0.6 is 11.8 Å². The summed E-state index contributed by atoms with van der Waals surface area (Å²) in [6, 6.07) is 1.85. The highest BCUT2D eigenvalue weighted by molar-refractivity contribution is 7.98. The van der Waals surface area contributed by atoms with Gasteiger partial charge in [0, 0.05) is 19.3 Å². The second-order valence-corrected chi connectivity index (χ2v) is 4.59. The molecule has 0 bridgehead atoms. The van der Waals surface area contributed by atoms with Crippen molar-refractivity contribution < 1.29 is 10.2 Å². The van der Waals surface area contributed by atoms with Gasteiger partial charge >= 0.3 is 0 Å². The lowest BCUT2D eigenvalue weighted by molar-refractivity contribution is 0.00766. The van der Waals surface area contributed by atoms with E-state index < -0.39 is 12.2 Å². The molecule has 1 unspecified atom stereocenters. The molecule has 1 fully saturated rings. The molecule has 1 aromatic rings. The molecule has 2 rings (SSSR count). The Bertz CT molecular complexity index is 364. The summed E-state index contributed by atoms with van der Waals surface area (Å²) in [6.07, 6.45) is 2.89. The Morgan fingerprint density at radius 3 is 2.94 bits per heavy atom. The van der Waals surface area contributed by atoms with Gasteiger partial charge in [-0.15, -0.1) is 11.8 Å². The highest BCUT2D eigenvalue weighted by Crippen LogP contribution is 2.19. The van der Waals surface area contributed by atoms with Gasteiger partial charge in [0.1, 0.15) is 5.03 Å². The van der Waals surface area contributed by atoms with E-state index in [0.717, 1.165) is 5.03 Å². The predicted molar refractivity (Wildman–Crippen MR) is 62.7 cm³/mol. The predicted octanol–water partition coefficient (Wildman–Crippen LogP) is 0.130. The van der Waals surface area contributed by atoms with Crippen molar-refractivity contribution in [1.29, 1.82) is 0 Å². The molecule has 1 aliphatic heterocycles. The molecule has 2 N–H and O–H groups in total. The van der Waals surface area contributed by atoms with Crippen molar-refractivity contribution in [3.05, 3.63) is 12.3 Å². The Labute approximate surface area is 98.5 Å². The van der Waals surface area contributed by atoms with E-state index in [0.29, 0.717) is 25.5 Å². The molecule has 0 aromatic carbocycles. The van der Waals surface area contributed by atoms with E-state index in [2.05, 4.69) is 9.97 Å². The lowest BCUT2D eigenvalue weighted by Crippen LogP contribution is -2.47. The molecule has 1 aromatic heterocycles. The third-order valence-corrected chi connectivity index (χ3v) is 3.30. The van der Waals surface area contributed by atoms with Crippen molar-refractivity contribution in [3.63, 3.8) is 0 Å². The van der Waals surface area contributed by atoms with Crippen LogP contribution in [-0.2, 0) is 0 Å². The number of piperidine rings is 1. The van der Waals surface area contributed by atoms with Gasteiger partial charge in [-0.05, 0) is 18.7 Å². The van der Waals surface area contributed by atoms with E-state index >= 15 is 0 Å². The maximum Gasteiger partial charge on any atom is 0.226 e. The molecule has 88 valence electrons. The molecule has 16 heavy (non-hydrogen) atoms. The van der Waals surface area contributed by atoms with Crippen LogP contribution in [0.4, 0.5) is 5.95 Å². The number of aliphatic hydroxyl groups is 2. The van der Waals surface area contributed by atoms with E-state index in [1.165, 1.54) is 0 Å². The van der Waals surface area contributed by atoms with Crippen LogP contribution in [0, 0.1) is 0 Å². The topological polar surface area (TPSA) is 69.5 Å². The zero-order chi connectivity index (χ0) is 11.5. The SMILES string of the molecule is CSc1ccnc(N2CCC(O)[C@H](O)C2)n1. The van der Waals surface area contributed by atoms with E-state index in [9.17, 15) is 10.2 Å². The van der Waals surface area contributed by atoms with Crippen LogP contribution in [0.25, 0.3) is 0 Å². The number of hydrogen-bond acceptors (Lipinski definition) is 6. The molecule has 0 radical (unpaired) electrons. The Morgan fingerprint density at radius 1 is 1.44 bits per heavy atom. The van der Waals surface area contributed by atoms with Crippen LogP contribution in [0.15, 0.2) is 17.3 Å². The lowest BCUT2D eigenvalue weighted by atomic mass is 10.1. The molecule has 5 nitrogen and oxygen atoms in total. The van der Waals surface area contributed by atoms with Gasteiger partial charge in [-0.25, -0.2) is 9.97 Å². The van der Waals surface area contributed by atoms with Crippen molar-refractivity contribution in [2.75, 3.05) is 24.2 Å². The van der Waals surface area contributed by atoms with Gasteiger partial charge < -0.3 is 15.1 Å². The zero-order valence-electron chi connectivity index (χ0n) is 9.08. The number of aliphatic hydroxyl groups excluding tert-OH is 2. The van der Waals surface area contributed by atoms with E-state index in [1.54, 1.807) is 18.0 Å². The van der Waals surface area contributed by atoms with E-state index in [4.69, 9.17) is 0 Å². The standard InChI is InChI=1S/C10H15N3O2S/c1-16-9-2-4-11-10(12-9)13-5-3-7(14)8(15)6-13/h2,4,7-8,14-15H,3,5-6H2,1H3/t7?,8-/m1/s1. The number of nitrogens with zero attached hydrogens (tertiary/aromatic N) is 3. The summed E-state index contributed by atoms with van der Waals surface area (Å²) in [4.78, 5) is 10.4. The highest BCUT2D eigenvalue weighted by Gasteiger charge is 2.27. The normalized spacial score (nSPS) is 25.8. The molecule has 0 amide bonds. The van der Waals surface area contributed by atoms with Gasteiger partial charge in [0.15, 0.2) is 0 Å². The minimum atomic E-state index is -0.713. The average Bonchev–Trinajstić information content (AvgIpc) is 2.33. The molecule has 0 aliphatic carbocycles. The van der Waals surface area contributed by atoms with Crippen molar-refractivity contribution in [2.24, 2.45) is 0 Å². The first-order valence-corrected chi connectivity index (χ1v) is 6.41. The Kier molecular flexibility index (Phi) is 3.63. The minimum absolute atomic E-state index is 0.388. The summed E-state index contributed by atoms with van der Waals surface area (Å²) in [5, 5.41) is 19.9. The smallest absolute Gasteiger partial charge is 0.226 e. The Balaban J connectivity index is 2.12. The molecule has 0 spiro atoms. The fraction of sp³-hybridized carbons (Fsp3) is 0.600. The summed E-state index contributed by atoms with van der Waals surface area (Å²) in [5.74, 6) is 0.623. The second kappa shape index (κ2) is 4.99. The zero-order valence-corrected chi connectivity index (χ0v) is 9.89. The number of thioether (sulfide) groups is 1. The van der Waals surface area contributed by atoms with Crippen molar-refractivity contribution >= 4 is 17.7 Å². The Hall–Kier alpha value is -0.850. The van der Waals surface area contributed by atoms with Crippen molar-refractivity contribution in [3.8, 4) is 0 Å². The molecule has 2 atom stereocenters. The maximum atomic E-state index is 9.58. The van der Waals surface area contributed by atoms with Crippen LogP contribution in [0.2, 0.25) is 0 Å². The second-order valence-electron chi connectivity index (χ2n) is 3.77. The molecule has 1 saturated heterocycles. The van der Waals surface area contributed by atoms with Crippen LogP contribution in [0.1, 0.15) is 6.42 Å². The quantitative estimate of drug-likeness (QED) is 0.566. The number of anilines is 1. The van der Waals surface area contributed by atoms with E-state index in [1.807, 2.05) is 17.2 Å². The number of aromatic nitrogens is 2. The van der Waals surface area contributed by atoms with Gasteiger partial charge in [0.25, 0.3) is 0 Å².